The van der Waals surface area contributed by atoms with Crippen molar-refractivity contribution in [2.75, 3.05) is 25.2 Å². The second-order valence-corrected chi connectivity index (χ2v) is 11.0. The number of aliphatic hydroxyl groups excluding tert-OH is 1. The molecule has 0 bridgehead atoms. The van der Waals surface area contributed by atoms with Gasteiger partial charge in [0.25, 0.3) is 5.78 Å². The number of thiazole rings is 1. The summed E-state index contributed by atoms with van der Waals surface area (Å²) in [6, 6.07) is 18.6. The highest BCUT2D eigenvalue weighted by Crippen LogP contribution is 2.46. The number of methoxy groups -OCH3 is 1. The van der Waals surface area contributed by atoms with Crippen molar-refractivity contribution in [3.8, 4) is 17.2 Å². The van der Waals surface area contributed by atoms with Gasteiger partial charge < -0.3 is 19.3 Å². The number of carbonyl (C=O) groups excluding carboxylic acids is 2. The summed E-state index contributed by atoms with van der Waals surface area (Å²) in [4.78, 5) is 33.2. The van der Waals surface area contributed by atoms with Crippen molar-refractivity contribution >= 4 is 44.1 Å². The third-order valence-corrected chi connectivity index (χ3v) is 7.83. The number of rotatable bonds is 10. The van der Waals surface area contributed by atoms with Crippen LogP contribution >= 0.6 is 11.3 Å². The van der Waals surface area contributed by atoms with Crippen LogP contribution in [0.2, 0.25) is 0 Å². The molecule has 9 heteroatoms. The van der Waals surface area contributed by atoms with Gasteiger partial charge in [-0.1, -0.05) is 61.6 Å². The van der Waals surface area contributed by atoms with Gasteiger partial charge in [-0.25, -0.2) is 4.98 Å². The molecule has 4 aromatic rings. The van der Waals surface area contributed by atoms with Crippen LogP contribution in [0.15, 0.2) is 72.3 Å². The Hall–Kier alpha value is -4.37. The lowest BCUT2D eigenvalue weighted by atomic mass is 9.95. The maximum Gasteiger partial charge on any atom is 0.301 e. The Kier molecular flexibility index (Phi) is 8.26. The minimum absolute atomic E-state index is 0.0222. The molecule has 1 aliphatic heterocycles. The number of fused-ring (bicyclic) bond motifs is 1. The van der Waals surface area contributed by atoms with E-state index in [0.29, 0.717) is 58.2 Å². The van der Waals surface area contributed by atoms with Gasteiger partial charge in [0.1, 0.15) is 11.5 Å². The summed E-state index contributed by atoms with van der Waals surface area (Å²) in [5, 5.41) is 11.7. The Morgan fingerprint density at radius 3 is 2.51 bits per heavy atom. The number of nitrogens with zero attached hydrogens (tertiary/aromatic N) is 2. The molecular weight excluding hydrogens is 540 g/mol. The zero-order chi connectivity index (χ0) is 29.1. The van der Waals surface area contributed by atoms with E-state index in [4.69, 9.17) is 19.2 Å². The predicted octanol–water partition coefficient (Wildman–Crippen LogP) is 6.75. The van der Waals surface area contributed by atoms with E-state index in [1.807, 2.05) is 31.2 Å². The van der Waals surface area contributed by atoms with E-state index < -0.39 is 17.7 Å². The van der Waals surface area contributed by atoms with Crippen LogP contribution in [0, 0.1) is 5.92 Å². The second kappa shape index (κ2) is 12.0. The molecule has 0 saturated carbocycles. The highest BCUT2D eigenvalue weighted by molar-refractivity contribution is 7.22. The molecule has 0 spiro atoms. The number of anilines is 1. The van der Waals surface area contributed by atoms with Crippen molar-refractivity contribution in [2.24, 2.45) is 5.92 Å². The van der Waals surface area contributed by atoms with Gasteiger partial charge in [-0.2, -0.15) is 0 Å². The molecule has 1 fully saturated rings. The van der Waals surface area contributed by atoms with Crippen LogP contribution in [0.1, 0.15) is 44.4 Å². The first-order valence-electron chi connectivity index (χ1n) is 13.5. The Balaban J connectivity index is 1.64. The van der Waals surface area contributed by atoms with E-state index in [-0.39, 0.29) is 11.3 Å². The van der Waals surface area contributed by atoms with E-state index in [2.05, 4.69) is 13.8 Å². The molecule has 3 aromatic carbocycles. The van der Waals surface area contributed by atoms with E-state index in [1.54, 1.807) is 49.6 Å². The Morgan fingerprint density at radius 2 is 1.80 bits per heavy atom. The Labute approximate surface area is 242 Å². The Morgan fingerprint density at radius 1 is 1.02 bits per heavy atom. The number of ether oxygens (including phenoxy) is 3. The minimum atomic E-state index is -0.944. The number of aliphatic hydroxyl groups is 1. The molecule has 2 heterocycles. The van der Waals surface area contributed by atoms with Gasteiger partial charge >= 0.3 is 5.91 Å². The summed E-state index contributed by atoms with van der Waals surface area (Å²) >= 11 is 1.28. The molecule has 41 heavy (non-hydrogen) atoms. The summed E-state index contributed by atoms with van der Waals surface area (Å²) in [5.41, 5.74) is 1.65. The van der Waals surface area contributed by atoms with Crippen LogP contribution in [0.3, 0.4) is 0 Å². The molecule has 1 N–H and O–H groups in total. The van der Waals surface area contributed by atoms with Gasteiger partial charge in [-0.15, -0.1) is 0 Å². The number of hydrogen-bond donors (Lipinski definition) is 1. The van der Waals surface area contributed by atoms with Crippen molar-refractivity contribution in [1.29, 1.82) is 0 Å². The molecule has 8 nitrogen and oxygen atoms in total. The maximum atomic E-state index is 13.6. The summed E-state index contributed by atoms with van der Waals surface area (Å²) < 4.78 is 18.0. The minimum Gasteiger partial charge on any atom is -0.507 e. The second-order valence-electron chi connectivity index (χ2n) is 10.0. The van der Waals surface area contributed by atoms with E-state index in [9.17, 15) is 14.7 Å². The fourth-order valence-electron chi connectivity index (χ4n) is 4.73. The molecule has 1 aromatic heterocycles. The highest BCUT2D eigenvalue weighted by Gasteiger charge is 2.48. The van der Waals surface area contributed by atoms with Gasteiger partial charge in [0.15, 0.2) is 16.6 Å². The highest BCUT2D eigenvalue weighted by atomic mass is 32.1. The number of ketones is 1. The first-order chi connectivity index (χ1) is 19.8. The van der Waals surface area contributed by atoms with Crippen LogP contribution < -0.4 is 19.1 Å². The van der Waals surface area contributed by atoms with Crippen molar-refractivity contribution < 1.29 is 28.9 Å². The molecule has 0 aliphatic carbocycles. The van der Waals surface area contributed by atoms with E-state index in [1.165, 1.54) is 16.2 Å². The molecule has 1 atom stereocenters. The maximum absolute atomic E-state index is 13.6. The van der Waals surface area contributed by atoms with Crippen LogP contribution in [0.4, 0.5) is 5.13 Å². The normalized spacial score (nSPS) is 16.5. The van der Waals surface area contributed by atoms with Crippen molar-refractivity contribution in [3.63, 3.8) is 0 Å². The average molecular weight is 573 g/mol. The Bertz CT molecular complexity index is 1610. The van der Waals surface area contributed by atoms with Crippen LogP contribution in [0.25, 0.3) is 16.0 Å². The molecule has 212 valence electrons. The summed E-state index contributed by atoms with van der Waals surface area (Å²) in [6.07, 6.45) is 0.880. The number of hydrogen-bond acceptors (Lipinski definition) is 8. The predicted molar refractivity (Wildman–Crippen MR) is 160 cm³/mol. The lowest BCUT2D eigenvalue weighted by molar-refractivity contribution is -0.132. The van der Waals surface area contributed by atoms with Crippen molar-refractivity contribution in [3.05, 3.63) is 83.4 Å². The lowest BCUT2D eigenvalue weighted by Crippen LogP contribution is -2.29. The number of aromatic nitrogens is 1. The number of amides is 1. The zero-order valence-electron chi connectivity index (χ0n) is 23.4. The quantitative estimate of drug-likeness (QED) is 0.127. The van der Waals surface area contributed by atoms with Crippen LogP contribution in [-0.4, -0.2) is 42.1 Å². The monoisotopic (exact) mass is 572 g/mol. The topological polar surface area (TPSA) is 98.2 Å². The first kappa shape index (κ1) is 28.2. The fraction of sp³-hybridized carbons (Fsp3) is 0.281. The smallest absolute Gasteiger partial charge is 0.301 e. The van der Waals surface area contributed by atoms with E-state index in [0.717, 1.165) is 11.1 Å². The third kappa shape index (κ3) is 5.63. The fourth-order valence-corrected chi connectivity index (χ4v) is 5.75. The molecular formula is C32H32N2O6S. The van der Waals surface area contributed by atoms with Gasteiger partial charge in [0.05, 0.1) is 42.2 Å². The number of benzene rings is 3. The van der Waals surface area contributed by atoms with Gasteiger partial charge in [-0.05, 0) is 55.2 Å². The summed E-state index contributed by atoms with van der Waals surface area (Å²) in [6.45, 7) is 7.20. The largest absolute Gasteiger partial charge is 0.507 e. The lowest BCUT2D eigenvalue weighted by Gasteiger charge is -2.24. The first-order valence-corrected chi connectivity index (χ1v) is 14.3. The molecule has 5 rings (SSSR count). The SMILES string of the molecule is CCOc1ccc2nc(N3C(=O)C(=O)/C(=C(/O)c4ccccc4)C3c3ccc(OCCC(C)C)c(OC)c3)sc2c1. The zero-order valence-corrected chi connectivity index (χ0v) is 24.2. The van der Waals surface area contributed by atoms with Crippen molar-refractivity contribution in [1.82, 2.24) is 4.98 Å². The van der Waals surface area contributed by atoms with Gasteiger partial charge in [0.2, 0.25) is 0 Å². The molecule has 1 amide bonds. The van der Waals surface area contributed by atoms with Gasteiger partial charge in [-0.3, -0.25) is 14.5 Å². The molecule has 1 saturated heterocycles. The molecule has 1 aliphatic rings. The molecule has 1 unspecified atom stereocenters. The van der Waals surface area contributed by atoms with Crippen LogP contribution in [0.5, 0.6) is 17.2 Å². The molecule has 0 radical (unpaired) electrons. The number of Topliss-reactive ketones (excluding diaryl/α,β-unsaturated/α-hetero) is 1. The summed E-state index contributed by atoms with van der Waals surface area (Å²) in [7, 11) is 1.54. The number of carbonyl (C=O) groups is 2. The summed E-state index contributed by atoms with van der Waals surface area (Å²) in [5.74, 6) is 0.372. The van der Waals surface area contributed by atoms with Crippen LogP contribution in [-0.2, 0) is 9.59 Å². The van der Waals surface area contributed by atoms with Crippen molar-refractivity contribution in [2.45, 2.75) is 33.2 Å². The van der Waals surface area contributed by atoms with E-state index >= 15 is 0 Å². The third-order valence-electron chi connectivity index (χ3n) is 6.81. The average Bonchev–Trinajstić information content (AvgIpc) is 3.50. The standard InChI is InChI=1S/C32H32N2O6S/c1-5-39-22-12-13-23-26(18-22)41-32(33-23)34-28(21-11-14-24(25(17-21)38-4)40-16-15-19(2)3)27(30(36)31(34)37)29(35)20-9-7-6-8-10-20/h6-14,17-19,28,35H,5,15-16H2,1-4H3/b29-27+. The van der Waals surface area contributed by atoms with Gasteiger partial charge in [0, 0.05) is 5.56 Å².